The summed E-state index contributed by atoms with van der Waals surface area (Å²) in [6.45, 7) is 2.47. The molecule has 0 aliphatic rings. The zero-order valence-electron chi connectivity index (χ0n) is 12.5. The lowest BCUT2D eigenvalue weighted by Crippen LogP contribution is -1.94. The molecular formula is C20H18O2. The standard InChI is InChI=1S/C20H18O2/c1-15-13-18(9-12-20(15)21)17-7-10-19(11-8-17)22-14-16-5-3-2-4-6-16/h2-13,21H,14H2,1H3. The lowest BCUT2D eigenvalue weighted by Gasteiger charge is -2.08. The third-order valence-electron chi connectivity index (χ3n) is 3.63. The topological polar surface area (TPSA) is 29.5 Å². The second kappa shape index (κ2) is 6.35. The first kappa shape index (κ1) is 14.2. The molecule has 3 aromatic rings. The van der Waals surface area contributed by atoms with Gasteiger partial charge in [-0.1, -0.05) is 48.5 Å². The summed E-state index contributed by atoms with van der Waals surface area (Å²) < 4.78 is 5.79. The largest absolute Gasteiger partial charge is 0.508 e. The van der Waals surface area contributed by atoms with E-state index in [0.29, 0.717) is 12.4 Å². The van der Waals surface area contributed by atoms with Gasteiger partial charge in [-0.2, -0.15) is 0 Å². The van der Waals surface area contributed by atoms with Gasteiger partial charge in [0, 0.05) is 0 Å². The first-order valence-corrected chi connectivity index (χ1v) is 7.29. The SMILES string of the molecule is Cc1cc(-c2ccc(OCc3ccccc3)cc2)ccc1O. The molecule has 0 saturated carbocycles. The van der Waals surface area contributed by atoms with Gasteiger partial charge < -0.3 is 9.84 Å². The zero-order valence-corrected chi connectivity index (χ0v) is 12.5. The fourth-order valence-corrected chi connectivity index (χ4v) is 2.32. The summed E-state index contributed by atoms with van der Waals surface area (Å²) >= 11 is 0. The molecule has 3 rings (SSSR count). The molecule has 3 aromatic carbocycles. The number of phenolic OH excluding ortho intramolecular Hbond substituents is 1. The van der Waals surface area contributed by atoms with Crippen molar-refractivity contribution in [1.82, 2.24) is 0 Å². The Morgan fingerprint density at radius 3 is 2.18 bits per heavy atom. The van der Waals surface area contributed by atoms with Crippen molar-refractivity contribution in [3.05, 3.63) is 83.9 Å². The van der Waals surface area contributed by atoms with Crippen LogP contribution in [0.5, 0.6) is 11.5 Å². The summed E-state index contributed by atoms with van der Waals surface area (Å²) in [5.41, 5.74) is 4.22. The minimum absolute atomic E-state index is 0.326. The third kappa shape index (κ3) is 3.29. The molecule has 0 atom stereocenters. The highest BCUT2D eigenvalue weighted by molar-refractivity contribution is 5.66. The fourth-order valence-electron chi connectivity index (χ4n) is 2.32. The molecular weight excluding hydrogens is 272 g/mol. The van der Waals surface area contributed by atoms with Gasteiger partial charge in [0.25, 0.3) is 0 Å². The smallest absolute Gasteiger partial charge is 0.119 e. The van der Waals surface area contributed by atoms with Crippen LogP contribution in [-0.4, -0.2) is 5.11 Å². The van der Waals surface area contributed by atoms with Crippen LogP contribution in [0.15, 0.2) is 72.8 Å². The number of hydrogen-bond donors (Lipinski definition) is 1. The van der Waals surface area contributed by atoms with Crippen LogP contribution in [0.3, 0.4) is 0 Å². The van der Waals surface area contributed by atoms with Gasteiger partial charge in [0.05, 0.1) is 0 Å². The molecule has 0 radical (unpaired) electrons. The van der Waals surface area contributed by atoms with Crippen LogP contribution < -0.4 is 4.74 Å². The summed E-state index contributed by atoms with van der Waals surface area (Å²) in [6, 6.07) is 23.8. The molecule has 22 heavy (non-hydrogen) atoms. The molecule has 0 bridgehead atoms. The van der Waals surface area contributed by atoms with E-state index in [-0.39, 0.29) is 0 Å². The monoisotopic (exact) mass is 290 g/mol. The summed E-state index contributed by atoms with van der Waals surface area (Å²) in [6.07, 6.45) is 0. The number of aryl methyl sites for hydroxylation is 1. The van der Waals surface area contributed by atoms with Gasteiger partial charge in [0.15, 0.2) is 0 Å². The Labute approximate surface area is 130 Å². The van der Waals surface area contributed by atoms with E-state index in [1.165, 1.54) is 0 Å². The maximum atomic E-state index is 9.59. The molecule has 110 valence electrons. The fraction of sp³-hybridized carbons (Fsp3) is 0.100. The molecule has 0 spiro atoms. The second-order valence-corrected chi connectivity index (χ2v) is 5.30. The number of rotatable bonds is 4. The Balaban J connectivity index is 1.71. The molecule has 1 N–H and O–H groups in total. The lowest BCUT2D eigenvalue weighted by molar-refractivity contribution is 0.306. The van der Waals surface area contributed by atoms with E-state index in [0.717, 1.165) is 28.0 Å². The lowest BCUT2D eigenvalue weighted by atomic mass is 10.0. The van der Waals surface area contributed by atoms with E-state index in [2.05, 4.69) is 0 Å². The zero-order chi connectivity index (χ0) is 15.4. The van der Waals surface area contributed by atoms with Crippen LogP contribution in [0.2, 0.25) is 0 Å². The Kier molecular flexibility index (Phi) is 4.10. The highest BCUT2D eigenvalue weighted by Gasteiger charge is 2.02. The average molecular weight is 290 g/mol. The van der Waals surface area contributed by atoms with Gasteiger partial charge in [0.1, 0.15) is 18.1 Å². The number of aromatic hydroxyl groups is 1. The van der Waals surface area contributed by atoms with Crippen molar-refractivity contribution in [1.29, 1.82) is 0 Å². The van der Waals surface area contributed by atoms with Crippen LogP contribution in [0, 0.1) is 6.92 Å². The molecule has 0 saturated heterocycles. The summed E-state index contributed by atoms with van der Waals surface area (Å²) in [5.74, 6) is 1.18. The third-order valence-corrected chi connectivity index (χ3v) is 3.63. The highest BCUT2D eigenvalue weighted by Crippen LogP contribution is 2.27. The van der Waals surface area contributed by atoms with Crippen molar-refractivity contribution in [2.24, 2.45) is 0 Å². The average Bonchev–Trinajstić information content (AvgIpc) is 2.57. The first-order valence-electron chi connectivity index (χ1n) is 7.29. The molecule has 0 aliphatic heterocycles. The van der Waals surface area contributed by atoms with Crippen molar-refractivity contribution in [3.8, 4) is 22.6 Å². The second-order valence-electron chi connectivity index (χ2n) is 5.30. The van der Waals surface area contributed by atoms with E-state index >= 15 is 0 Å². The van der Waals surface area contributed by atoms with Crippen LogP contribution in [0.1, 0.15) is 11.1 Å². The summed E-state index contributed by atoms with van der Waals surface area (Å²) in [7, 11) is 0. The van der Waals surface area contributed by atoms with Crippen molar-refractivity contribution in [3.63, 3.8) is 0 Å². The molecule has 2 heteroatoms. The minimum atomic E-state index is 0.326. The Morgan fingerprint density at radius 2 is 1.50 bits per heavy atom. The Morgan fingerprint density at radius 1 is 0.818 bits per heavy atom. The van der Waals surface area contributed by atoms with Crippen LogP contribution >= 0.6 is 0 Å². The van der Waals surface area contributed by atoms with Gasteiger partial charge in [-0.3, -0.25) is 0 Å². The number of hydrogen-bond acceptors (Lipinski definition) is 2. The van der Waals surface area contributed by atoms with Crippen molar-refractivity contribution in [2.75, 3.05) is 0 Å². The molecule has 0 aliphatic carbocycles. The summed E-state index contributed by atoms with van der Waals surface area (Å²) in [4.78, 5) is 0. The van der Waals surface area contributed by atoms with E-state index in [1.54, 1.807) is 6.07 Å². The van der Waals surface area contributed by atoms with Gasteiger partial charge in [-0.25, -0.2) is 0 Å². The quantitative estimate of drug-likeness (QED) is 0.737. The molecule has 2 nitrogen and oxygen atoms in total. The maximum absolute atomic E-state index is 9.59. The molecule has 0 amide bonds. The predicted molar refractivity (Wildman–Crippen MR) is 89.1 cm³/mol. The van der Waals surface area contributed by atoms with Gasteiger partial charge in [0.2, 0.25) is 0 Å². The van der Waals surface area contributed by atoms with Gasteiger partial charge >= 0.3 is 0 Å². The highest BCUT2D eigenvalue weighted by atomic mass is 16.5. The number of phenols is 1. The molecule has 0 unspecified atom stereocenters. The van der Waals surface area contributed by atoms with Gasteiger partial charge in [-0.05, 0) is 53.4 Å². The van der Waals surface area contributed by atoms with Crippen LogP contribution in [-0.2, 0) is 6.61 Å². The van der Waals surface area contributed by atoms with Crippen molar-refractivity contribution >= 4 is 0 Å². The van der Waals surface area contributed by atoms with Gasteiger partial charge in [-0.15, -0.1) is 0 Å². The Bertz CT molecular complexity index is 746. The summed E-state index contributed by atoms with van der Waals surface area (Å²) in [5, 5.41) is 9.59. The van der Waals surface area contributed by atoms with Crippen LogP contribution in [0.25, 0.3) is 11.1 Å². The molecule has 0 fully saturated rings. The van der Waals surface area contributed by atoms with E-state index in [1.807, 2.05) is 73.7 Å². The van der Waals surface area contributed by atoms with Crippen LogP contribution in [0.4, 0.5) is 0 Å². The molecule has 0 aromatic heterocycles. The number of benzene rings is 3. The van der Waals surface area contributed by atoms with E-state index < -0.39 is 0 Å². The minimum Gasteiger partial charge on any atom is -0.508 e. The Hall–Kier alpha value is -2.74. The first-order chi connectivity index (χ1) is 10.7. The van der Waals surface area contributed by atoms with Crippen molar-refractivity contribution in [2.45, 2.75) is 13.5 Å². The van der Waals surface area contributed by atoms with E-state index in [4.69, 9.17) is 4.74 Å². The predicted octanol–water partition coefficient (Wildman–Crippen LogP) is 4.95. The maximum Gasteiger partial charge on any atom is 0.119 e. The molecule has 0 heterocycles. The van der Waals surface area contributed by atoms with E-state index in [9.17, 15) is 5.11 Å². The normalized spacial score (nSPS) is 10.4. The van der Waals surface area contributed by atoms with Crippen molar-refractivity contribution < 1.29 is 9.84 Å². The number of ether oxygens (including phenoxy) is 1.